The Kier molecular flexibility index (Phi) is 4.89. The summed E-state index contributed by atoms with van der Waals surface area (Å²) in [6.45, 7) is 2.12. The first-order valence-electron chi connectivity index (χ1n) is 6.18. The third kappa shape index (κ3) is 3.79. The first-order valence-corrected chi connectivity index (χ1v) is 7.06. The maximum Gasteiger partial charge on any atom is 0.355 e. The van der Waals surface area contributed by atoms with Gasteiger partial charge in [-0.2, -0.15) is 0 Å². The minimum absolute atomic E-state index is 0.112. The smallest absolute Gasteiger partial charge is 0.355 e. The summed E-state index contributed by atoms with van der Waals surface area (Å²) >= 11 is 0.983. The van der Waals surface area contributed by atoms with Crippen LogP contribution in [0.5, 0.6) is 11.5 Å². The van der Waals surface area contributed by atoms with Gasteiger partial charge in [0.25, 0.3) is 0 Å². The summed E-state index contributed by atoms with van der Waals surface area (Å²) < 4.78 is 10.8. The van der Waals surface area contributed by atoms with E-state index in [2.05, 4.69) is 4.98 Å². The molecule has 0 spiro atoms. The fourth-order valence-corrected chi connectivity index (χ4v) is 2.27. The van der Waals surface area contributed by atoms with Crippen molar-refractivity contribution in [2.75, 3.05) is 13.2 Å². The van der Waals surface area contributed by atoms with E-state index in [1.807, 2.05) is 6.92 Å². The monoisotopic (exact) mass is 307 g/mol. The van der Waals surface area contributed by atoms with Crippen LogP contribution in [0.3, 0.4) is 0 Å². The van der Waals surface area contributed by atoms with Crippen LogP contribution >= 0.6 is 11.3 Å². The summed E-state index contributed by atoms with van der Waals surface area (Å²) in [7, 11) is 0. The van der Waals surface area contributed by atoms with Gasteiger partial charge in [-0.25, -0.2) is 9.78 Å². The molecule has 0 aliphatic rings. The van der Waals surface area contributed by atoms with Crippen LogP contribution in [0.2, 0.25) is 0 Å². The number of aromatic nitrogens is 1. The molecule has 0 amide bonds. The fourth-order valence-electron chi connectivity index (χ4n) is 1.55. The third-order valence-corrected chi connectivity index (χ3v) is 3.35. The maximum absolute atomic E-state index is 11.9. The molecule has 0 unspecified atom stereocenters. The van der Waals surface area contributed by atoms with Crippen LogP contribution < -0.4 is 9.47 Å². The Bertz CT molecular complexity index is 652. The molecule has 0 radical (unpaired) electrons. The number of carboxylic acid groups (broad SMARTS) is 1. The van der Waals surface area contributed by atoms with E-state index in [0.717, 1.165) is 11.3 Å². The molecule has 110 valence electrons. The quantitative estimate of drug-likeness (QED) is 0.791. The minimum Gasteiger partial charge on any atom is -0.490 e. The Morgan fingerprint density at radius 1 is 1.24 bits per heavy atom. The van der Waals surface area contributed by atoms with Gasteiger partial charge in [0, 0.05) is 5.38 Å². The summed E-state index contributed by atoms with van der Waals surface area (Å²) in [6, 6.07) is 7.02. The predicted molar refractivity (Wildman–Crippen MR) is 76.5 cm³/mol. The molecule has 0 atom stereocenters. The average Bonchev–Trinajstić information content (AvgIpc) is 2.96. The van der Waals surface area contributed by atoms with Gasteiger partial charge in [-0.3, -0.25) is 4.79 Å². The van der Waals surface area contributed by atoms with Crippen LogP contribution in [-0.2, 0) is 0 Å². The zero-order valence-corrected chi connectivity index (χ0v) is 12.1. The predicted octanol–water partition coefficient (Wildman–Crippen LogP) is 2.50. The second kappa shape index (κ2) is 6.85. The highest BCUT2D eigenvalue weighted by molar-refractivity contribution is 7.12. The first-order chi connectivity index (χ1) is 10.1. The van der Waals surface area contributed by atoms with E-state index in [0.29, 0.717) is 18.1 Å². The van der Waals surface area contributed by atoms with Gasteiger partial charge in [0.15, 0.2) is 28.8 Å². The molecule has 1 aromatic heterocycles. The summed E-state index contributed by atoms with van der Waals surface area (Å²) in [5.41, 5.74) is -0.141. The number of rotatable bonds is 7. The average molecular weight is 307 g/mol. The van der Waals surface area contributed by atoms with Gasteiger partial charge in [0.1, 0.15) is 0 Å². The van der Waals surface area contributed by atoms with Crippen LogP contribution in [0.1, 0.15) is 27.2 Å². The van der Waals surface area contributed by atoms with Gasteiger partial charge < -0.3 is 14.6 Å². The lowest BCUT2D eigenvalue weighted by molar-refractivity contribution is 0.0691. The summed E-state index contributed by atoms with van der Waals surface area (Å²) in [4.78, 5) is 26.4. The number of hydrogen-bond donors (Lipinski definition) is 1. The van der Waals surface area contributed by atoms with Gasteiger partial charge in [0.05, 0.1) is 6.61 Å². The number of carboxylic acids is 1. The Labute approximate surface area is 125 Å². The lowest BCUT2D eigenvalue weighted by atomic mass is 10.3. The first kappa shape index (κ1) is 15.0. The van der Waals surface area contributed by atoms with Crippen LogP contribution in [0.15, 0.2) is 29.6 Å². The molecule has 2 rings (SSSR count). The summed E-state index contributed by atoms with van der Waals surface area (Å²) in [5, 5.41) is 10.2. The van der Waals surface area contributed by atoms with Gasteiger partial charge in [-0.05, 0) is 19.1 Å². The van der Waals surface area contributed by atoms with Crippen molar-refractivity contribution in [1.82, 2.24) is 4.98 Å². The number of ether oxygens (including phenoxy) is 2. The SMILES string of the molecule is CCOc1ccccc1OCC(=O)c1nc(C(=O)O)cs1. The largest absolute Gasteiger partial charge is 0.490 e. The van der Waals surface area contributed by atoms with Crippen LogP contribution in [0.4, 0.5) is 0 Å². The highest BCUT2D eigenvalue weighted by Crippen LogP contribution is 2.26. The molecular weight excluding hydrogens is 294 g/mol. The number of carbonyl (C=O) groups excluding carboxylic acids is 1. The number of para-hydroxylation sites is 2. The van der Waals surface area contributed by atoms with E-state index in [1.54, 1.807) is 24.3 Å². The number of thiazole rings is 1. The van der Waals surface area contributed by atoms with Gasteiger partial charge in [-0.15, -0.1) is 11.3 Å². The van der Waals surface area contributed by atoms with E-state index in [-0.39, 0.29) is 23.1 Å². The Balaban J connectivity index is 2.02. The van der Waals surface area contributed by atoms with E-state index in [1.165, 1.54) is 5.38 Å². The minimum atomic E-state index is -1.16. The second-order valence-corrected chi connectivity index (χ2v) is 4.79. The molecule has 0 fully saturated rings. The number of hydrogen-bond acceptors (Lipinski definition) is 6. The molecule has 0 bridgehead atoms. The zero-order chi connectivity index (χ0) is 15.2. The van der Waals surface area contributed by atoms with Gasteiger partial charge >= 0.3 is 5.97 Å². The number of aromatic carboxylic acids is 1. The standard InChI is InChI=1S/C14H13NO5S/c1-2-19-11-5-3-4-6-12(11)20-7-10(16)13-15-9(8-21-13)14(17)18/h3-6,8H,2,7H2,1H3,(H,17,18). The van der Waals surface area contributed by atoms with E-state index in [9.17, 15) is 9.59 Å². The number of Topliss-reactive ketones (excluding diaryl/α,β-unsaturated/α-hetero) is 1. The van der Waals surface area contributed by atoms with E-state index in [4.69, 9.17) is 14.6 Å². The van der Waals surface area contributed by atoms with Crippen molar-refractivity contribution in [3.05, 3.63) is 40.3 Å². The maximum atomic E-state index is 11.9. The number of carbonyl (C=O) groups is 2. The van der Waals surface area contributed by atoms with Crippen LogP contribution in [0, 0.1) is 0 Å². The molecular formula is C14H13NO5S. The fraction of sp³-hybridized carbons (Fsp3) is 0.214. The van der Waals surface area contributed by atoms with Crippen LogP contribution in [0.25, 0.3) is 0 Å². The van der Waals surface area contributed by atoms with Crippen molar-refractivity contribution in [2.45, 2.75) is 6.92 Å². The Hall–Kier alpha value is -2.41. The Morgan fingerprint density at radius 3 is 2.48 bits per heavy atom. The third-order valence-electron chi connectivity index (χ3n) is 2.47. The van der Waals surface area contributed by atoms with Crippen LogP contribution in [-0.4, -0.2) is 35.1 Å². The molecule has 21 heavy (non-hydrogen) atoms. The lowest BCUT2D eigenvalue weighted by Gasteiger charge is -2.10. The zero-order valence-electron chi connectivity index (χ0n) is 11.2. The summed E-state index contributed by atoms with van der Waals surface area (Å²) in [6.07, 6.45) is 0. The van der Waals surface area contributed by atoms with Crippen molar-refractivity contribution in [1.29, 1.82) is 0 Å². The second-order valence-electron chi connectivity index (χ2n) is 3.93. The normalized spacial score (nSPS) is 10.1. The highest BCUT2D eigenvalue weighted by atomic mass is 32.1. The molecule has 7 heteroatoms. The van der Waals surface area contributed by atoms with Crippen molar-refractivity contribution in [2.24, 2.45) is 0 Å². The number of ketones is 1. The molecule has 0 saturated heterocycles. The number of nitrogens with zero attached hydrogens (tertiary/aromatic N) is 1. The van der Waals surface area contributed by atoms with Crippen molar-refractivity contribution in [3.63, 3.8) is 0 Å². The van der Waals surface area contributed by atoms with E-state index < -0.39 is 5.97 Å². The Morgan fingerprint density at radius 2 is 1.90 bits per heavy atom. The van der Waals surface area contributed by atoms with Gasteiger partial charge in [-0.1, -0.05) is 12.1 Å². The topological polar surface area (TPSA) is 85.7 Å². The molecule has 0 aliphatic heterocycles. The van der Waals surface area contributed by atoms with Crippen molar-refractivity contribution >= 4 is 23.1 Å². The van der Waals surface area contributed by atoms with E-state index >= 15 is 0 Å². The molecule has 1 aromatic carbocycles. The number of benzene rings is 1. The molecule has 0 aliphatic carbocycles. The molecule has 6 nitrogen and oxygen atoms in total. The van der Waals surface area contributed by atoms with Gasteiger partial charge in [0.2, 0.25) is 5.78 Å². The highest BCUT2D eigenvalue weighted by Gasteiger charge is 2.16. The molecule has 2 aromatic rings. The van der Waals surface area contributed by atoms with Crippen molar-refractivity contribution < 1.29 is 24.2 Å². The molecule has 1 heterocycles. The van der Waals surface area contributed by atoms with Crippen molar-refractivity contribution in [3.8, 4) is 11.5 Å². The molecule has 1 N–H and O–H groups in total. The molecule has 0 saturated carbocycles. The lowest BCUT2D eigenvalue weighted by Crippen LogP contribution is -2.12. The summed E-state index contributed by atoms with van der Waals surface area (Å²) in [5.74, 6) is -0.521.